The summed E-state index contributed by atoms with van der Waals surface area (Å²) in [6.45, 7) is -0.0774. The quantitative estimate of drug-likeness (QED) is 0.638. The molecular formula is C19H17NO5. The van der Waals surface area contributed by atoms with Crippen LogP contribution in [0.5, 0.6) is 11.5 Å². The van der Waals surface area contributed by atoms with Crippen LogP contribution in [0.15, 0.2) is 59.1 Å². The van der Waals surface area contributed by atoms with Gasteiger partial charge in [-0.15, -0.1) is 0 Å². The second-order valence-electron chi connectivity index (χ2n) is 5.10. The predicted octanol–water partition coefficient (Wildman–Crippen LogP) is 3.72. The van der Waals surface area contributed by atoms with E-state index in [4.69, 9.17) is 18.6 Å². The van der Waals surface area contributed by atoms with Crippen molar-refractivity contribution in [2.45, 2.75) is 6.61 Å². The fourth-order valence-corrected chi connectivity index (χ4v) is 2.37. The average Bonchev–Trinajstić information content (AvgIpc) is 3.15. The second kappa shape index (κ2) is 7.53. The van der Waals surface area contributed by atoms with Gasteiger partial charge >= 0.3 is 5.97 Å². The van der Waals surface area contributed by atoms with Gasteiger partial charge in [0.25, 0.3) is 0 Å². The van der Waals surface area contributed by atoms with Crippen molar-refractivity contribution in [3.05, 3.63) is 66.2 Å². The number of hydrogen-bond donors (Lipinski definition) is 0. The number of methoxy groups -OCH3 is 2. The number of oxazole rings is 1. The lowest BCUT2D eigenvalue weighted by Gasteiger charge is -2.11. The standard InChI is InChI=1S/C19H17NO5/c1-22-15-10-6-9-14(18(15)23-2)19(21)24-12-17-20-11-16(25-17)13-7-4-3-5-8-13/h3-11H,12H2,1-2H3. The SMILES string of the molecule is COc1cccc(C(=O)OCc2ncc(-c3ccccc3)o2)c1OC. The summed E-state index contributed by atoms with van der Waals surface area (Å²) in [5.41, 5.74) is 1.18. The van der Waals surface area contributed by atoms with Crippen molar-refractivity contribution in [1.82, 2.24) is 4.98 Å². The van der Waals surface area contributed by atoms with Crippen molar-refractivity contribution in [3.8, 4) is 22.8 Å². The minimum atomic E-state index is -0.546. The molecule has 2 aromatic carbocycles. The van der Waals surface area contributed by atoms with E-state index in [0.29, 0.717) is 23.1 Å². The van der Waals surface area contributed by atoms with Gasteiger partial charge in [0.05, 0.1) is 20.4 Å². The number of ether oxygens (including phenoxy) is 3. The van der Waals surface area contributed by atoms with E-state index >= 15 is 0 Å². The molecule has 3 rings (SSSR count). The summed E-state index contributed by atoms with van der Waals surface area (Å²) in [5.74, 6) is 1.17. The first-order valence-electron chi connectivity index (χ1n) is 7.61. The maximum atomic E-state index is 12.3. The number of esters is 1. The number of para-hydroxylation sites is 1. The van der Waals surface area contributed by atoms with Gasteiger partial charge in [0, 0.05) is 5.56 Å². The topological polar surface area (TPSA) is 70.8 Å². The summed E-state index contributed by atoms with van der Waals surface area (Å²) >= 11 is 0. The van der Waals surface area contributed by atoms with Crippen LogP contribution in [0, 0.1) is 0 Å². The highest BCUT2D eigenvalue weighted by Gasteiger charge is 2.18. The molecule has 0 aliphatic heterocycles. The molecule has 0 unspecified atom stereocenters. The van der Waals surface area contributed by atoms with E-state index in [-0.39, 0.29) is 12.2 Å². The van der Waals surface area contributed by atoms with E-state index in [2.05, 4.69) is 4.98 Å². The zero-order chi connectivity index (χ0) is 17.6. The maximum Gasteiger partial charge on any atom is 0.342 e. The molecule has 0 amide bonds. The Labute approximate surface area is 145 Å². The summed E-state index contributed by atoms with van der Waals surface area (Å²) in [6, 6.07) is 14.6. The highest BCUT2D eigenvalue weighted by molar-refractivity contribution is 5.93. The van der Waals surface area contributed by atoms with Gasteiger partial charge in [0.1, 0.15) is 5.56 Å². The maximum absolute atomic E-state index is 12.3. The normalized spacial score (nSPS) is 10.3. The Morgan fingerprint density at radius 2 is 1.84 bits per heavy atom. The largest absolute Gasteiger partial charge is 0.493 e. The molecule has 6 nitrogen and oxygen atoms in total. The lowest BCUT2D eigenvalue weighted by atomic mass is 10.2. The summed E-state index contributed by atoms with van der Waals surface area (Å²) < 4.78 is 21.3. The van der Waals surface area contributed by atoms with Crippen LogP contribution in [0.1, 0.15) is 16.2 Å². The third kappa shape index (κ3) is 3.63. The van der Waals surface area contributed by atoms with Gasteiger partial charge in [0.15, 0.2) is 23.9 Å². The van der Waals surface area contributed by atoms with E-state index in [1.54, 1.807) is 24.4 Å². The Balaban J connectivity index is 1.70. The number of hydrogen-bond acceptors (Lipinski definition) is 6. The number of nitrogens with zero attached hydrogens (tertiary/aromatic N) is 1. The van der Waals surface area contributed by atoms with Crippen LogP contribution in [-0.4, -0.2) is 25.2 Å². The molecular weight excluding hydrogens is 322 g/mol. The molecule has 1 heterocycles. The Morgan fingerprint density at radius 1 is 1.04 bits per heavy atom. The van der Waals surface area contributed by atoms with E-state index in [1.807, 2.05) is 30.3 Å². The molecule has 6 heteroatoms. The van der Waals surface area contributed by atoms with Gasteiger partial charge in [-0.05, 0) is 12.1 Å². The van der Waals surface area contributed by atoms with E-state index in [0.717, 1.165) is 5.56 Å². The Kier molecular flexibility index (Phi) is 4.99. The molecule has 128 valence electrons. The van der Waals surface area contributed by atoms with Gasteiger partial charge in [-0.1, -0.05) is 36.4 Å². The monoisotopic (exact) mass is 339 g/mol. The van der Waals surface area contributed by atoms with E-state index in [9.17, 15) is 4.79 Å². The first-order chi connectivity index (χ1) is 12.2. The van der Waals surface area contributed by atoms with Crippen LogP contribution in [0.2, 0.25) is 0 Å². The Morgan fingerprint density at radius 3 is 2.56 bits per heavy atom. The fourth-order valence-electron chi connectivity index (χ4n) is 2.37. The molecule has 0 radical (unpaired) electrons. The molecule has 25 heavy (non-hydrogen) atoms. The van der Waals surface area contributed by atoms with E-state index < -0.39 is 5.97 Å². The van der Waals surface area contributed by atoms with Crippen LogP contribution < -0.4 is 9.47 Å². The van der Waals surface area contributed by atoms with Crippen LogP contribution in [0.3, 0.4) is 0 Å². The molecule has 0 saturated heterocycles. The summed E-state index contributed by atoms with van der Waals surface area (Å²) in [4.78, 5) is 16.5. The highest BCUT2D eigenvalue weighted by atomic mass is 16.5. The van der Waals surface area contributed by atoms with Gasteiger partial charge in [-0.3, -0.25) is 0 Å². The van der Waals surface area contributed by atoms with Crippen LogP contribution in [0.25, 0.3) is 11.3 Å². The van der Waals surface area contributed by atoms with Gasteiger partial charge in [-0.2, -0.15) is 0 Å². The van der Waals surface area contributed by atoms with Crippen LogP contribution in [0.4, 0.5) is 0 Å². The smallest absolute Gasteiger partial charge is 0.342 e. The summed E-state index contributed by atoms with van der Waals surface area (Å²) in [7, 11) is 2.97. The van der Waals surface area contributed by atoms with Crippen molar-refractivity contribution < 1.29 is 23.4 Å². The second-order valence-corrected chi connectivity index (χ2v) is 5.10. The fraction of sp³-hybridized carbons (Fsp3) is 0.158. The lowest BCUT2D eigenvalue weighted by Crippen LogP contribution is -2.08. The number of carbonyl (C=O) groups excluding carboxylic acids is 1. The minimum absolute atomic E-state index is 0.0774. The van der Waals surface area contributed by atoms with Gasteiger partial charge < -0.3 is 18.6 Å². The first kappa shape index (κ1) is 16.6. The molecule has 0 fully saturated rings. The van der Waals surface area contributed by atoms with Crippen molar-refractivity contribution in [2.75, 3.05) is 14.2 Å². The molecule has 0 bridgehead atoms. The third-order valence-corrected chi connectivity index (χ3v) is 3.56. The lowest BCUT2D eigenvalue weighted by molar-refractivity contribution is 0.0434. The first-order valence-corrected chi connectivity index (χ1v) is 7.61. The third-order valence-electron chi connectivity index (χ3n) is 3.56. The van der Waals surface area contributed by atoms with Crippen LogP contribution in [-0.2, 0) is 11.3 Å². The molecule has 0 aliphatic carbocycles. The zero-order valence-corrected chi connectivity index (χ0v) is 13.9. The van der Waals surface area contributed by atoms with Crippen LogP contribution >= 0.6 is 0 Å². The molecule has 0 aliphatic rings. The Hall–Kier alpha value is -3.28. The van der Waals surface area contributed by atoms with Gasteiger partial charge in [-0.25, -0.2) is 9.78 Å². The van der Waals surface area contributed by atoms with Crippen molar-refractivity contribution >= 4 is 5.97 Å². The zero-order valence-electron chi connectivity index (χ0n) is 13.9. The van der Waals surface area contributed by atoms with Crippen molar-refractivity contribution in [2.24, 2.45) is 0 Å². The number of aromatic nitrogens is 1. The number of carbonyl (C=O) groups is 1. The summed E-state index contributed by atoms with van der Waals surface area (Å²) in [6.07, 6.45) is 1.60. The minimum Gasteiger partial charge on any atom is -0.493 e. The average molecular weight is 339 g/mol. The molecule has 3 aromatic rings. The molecule has 0 N–H and O–H groups in total. The molecule has 0 spiro atoms. The van der Waals surface area contributed by atoms with Crippen molar-refractivity contribution in [1.29, 1.82) is 0 Å². The number of rotatable bonds is 6. The number of benzene rings is 2. The highest BCUT2D eigenvalue weighted by Crippen LogP contribution is 2.31. The summed E-state index contributed by atoms with van der Waals surface area (Å²) in [5, 5.41) is 0. The van der Waals surface area contributed by atoms with Crippen molar-refractivity contribution in [3.63, 3.8) is 0 Å². The van der Waals surface area contributed by atoms with Gasteiger partial charge in [0.2, 0.25) is 5.89 Å². The van der Waals surface area contributed by atoms with E-state index in [1.165, 1.54) is 14.2 Å². The molecule has 0 atom stereocenters. The molecule has 0 saturated carbocycles. The Bertz CT molecular complexity index is 857. The predicted molar refractivity (Wildman–Crippen MR) is 90.6 cm³/mol. The molecule has 1 aromatic heterocycles.